The van der Waals surface area contributed by atoms with E-state index in [0.29, 0.717) is 17.9 Å². The number of nitrogens with zero attached hydrogens (tertiary/aromatic N) is 4. The van der Waals surface area contributed by atoms with Crippen molar-refractivity contribution >= 4 is 40.6 Å². The third-order valence-electron chi connectivity index (χ3n) is 5.62. The molecular formula is C23H20N4O4S. The monoisotopic (exact) mass is 448 g/mol. The van der Waals surface area contributed by atoms with Crippen molar-refractivity contribution in [1.82, 2.24) is 9.91 Å². The van der Waals surface area contributed by atoms with Crippen molar-refractivity contribution < 1.29 is 18.8 Å². The Morgan fingerprint density at radius 1 is 1.12 bits per heavy atom. The second-order valence-electron chi connectivity index (χ2n) is 7.59. The zero-order valence-electron chi connectivity index (χ0n) is 17.2. The van der Waals surface area contributed by atoms with Crippen LogP contribution in [0, 0.1) is 0 Å². The van der Waals surface area contributed by atoms with Gasteiger partial charge in [0.1, 0.15) is 24.4 Å². The van der Waals surface area contributed by atoms with Crippen LogP contribution in [0.1, 0.15) is 30.0 Å². The molecule has 0 bridgehead atoms. The molecule has 2 aliphatic rings. The molecule has 4 heterocycles. The van der Waals surface area contributed by atoms with Gasteiger partial charge in [-0.1, -0.05) is 24.3 Å². The summed E-state index contributed by atoms with van der Waals surface area (Å²) in [5.41, 5.74) is 1.38. The SMILES string of the molecule is C[C@H]1C(=O)N(CC(=O)N2N=C(c3cccs3)C[C@@H]2c2ccco2)C(=O)N1c1ccccc1. The molecule has 1 fully saturated rings. The highest BCUT2D eigenvalue weighted by atomic mass is 32.1. The van der Waals surface area contributed by atoms with Gasteiger partial charge in [-0.05, 0) is 42.6 Å². The van der Waals surface area contributed by atoms with E-state index in [1.807, 2.05) is 23.6 Å². The highest BCUT2D eigenvalue weighted by molar-refractivity contribution is 7.12. The third kappa shape index (κ3) is 3.40. The number of para-hydroxylation sites is 1. The molecule has 0 unspecified atom stereocenters. The summed E-state index contributed by atoms with van der Waals surface area (Å²) < 4.78 is 5.55. The predicted molar refractivity (Wildman–Crippen MR) is 119 cm³/mol. The van der Waals surface area contributed by atoms with Crippen LogP contribution in [-0.4, -0.2) is 46.1 Å². The Morgan fingerprint density at radius 3 is 2.62 bits per heavy atom. The van der Waals surface area contributed by atoms with Crippen LogP contribution in [0.15, 0.2) is 75.8 Å². The van der Waals surface area contributed by atoms with Crippen LogP contribution in [0.25, 0.3) is 0 Å². The lowest BCUT2D eigenvalue weighted by Crippen LogP contribution is -2.42. The number of hydrogen-bond donors (Lipinski definition) is 0. The molecule has 2 aliphatic heterocycles. The molecule has 162 valence electrons. The zero-order valence-corrected chi connectivity index (χ0v) is 18.1. The van der Waals surface area contributed by atoms with Crippen molar-refractivity contribution in [3.63, 3.8) is 0 Å². The summed E-state index contributed by atoms with van der Waals surface area (Å²) in [6, 6.07) is 14.8. The molecule has 0 saturated carbocycles. The molecule has 2 atom stereocenters. The number of anilines is 1. The normalized spacial score (nSPS) is 20.9. The second kappa shape index (κ2) is 8.08. The summed E-state index contributed by atoms with van der Waals surface area (Å²) in [5, 5.41) is 7.83. The highest BCUT2D eigenvalue weighted by Crippen LogP contribution is 2.34. The van der Waals surface area contributed by atoms with Gasteiger partial charge < -0.3 is 4.42 Å². The van der Waals surface area contributed by atoms with Gasteiger partial charge in [-0.25, -0.2) is 9.80 Å². The summed E-state index contributed by atoms with van der Waals surface area (Å²) in [4.78, 5) is 42.5. The summed E-state index contributed by atoms with van der Waals surface area (Å²) in [6.45, 7) is 1.27. The van der Waals surface area contributed by atoms with E-state index in [1.54, 1.807) is 60.9 Å². The van der Waals surface area contributed by atoms with Crippen LogP contribution >= 0.6 is 11.3 Å². The van der Waals surface area contributed by atoms with Crippen LogP contribution in [-0.2, 0) is 9.59 Å². The lowest BCUT2D eigenvalue weighted by atomic mass is 10.1. The number of amides is 4. The van der Waals surface area contributed by atoms with Gasteiger partial charge in [0.25, 0.3) is 11.8 Å². The van der Waals surface area contributed by atoms with Crippen LogP contribution in [0.5, 0.6) is 0 Å². The van der Waals surface area contributed by atoms with Crippen LogP contribution in [0.3, 0.4) is 0 Å². The van der Waals surface area contributed by atoms with Gasteiger partial charge in [0.05, 0.1) is 16.9 Å². The van der Waals surface area contributed by atoms with E-state index >= 15 is 0 Å². The smallest absolute Gasteiger partial charge is 0.332 e. The van der Waals surface area contributed by atoms with Gasteiger partial charge in [-0.2, -0.15) is 5.10 Å². The van der Waals surface area contributed by atoms with E-state index in [0.717, 1.165) is 15.5 Å². The first-order valence-electron chi connectivity index (χ1n) is 10.2. The second-order valence-corrected chi connectivity index (χ2v) is 8.53. The Balaban J connectivity index is 1.40. The third-order valence-corrected chi connectivity index (χ3v) is 6.54. The van der Waals surface area contributed by atoms with Crippen molar-refractivity contribution in [2.24, 2.45) is 5.10 Å². The maximum atomic E-state index is 13.3. The number of imide groups is 1. The van der Waals surface area contributed by atoms with Crippen LogP contribution in [0.2, 0.25) is 0 Å². The topological polar surface area (TPSA) is 86.4 Å². The van der Waals surface area contributed by atoms with Gasteiger partial charge in [0.2, 0.25) is 0 Å². The summed E-state index contributed by atoms with van der Waals surface area (Å²) in [7, 11) is 0. The molecule has 1 aromatic carbocycles. The number of hydrogen-bond acceptors (Lipinski definition) is 6. The lowest BCUT2D eigenvalue weighted by molar-refractivity contribution is -0.138. The largest absolute Gasteiger partial charge is 0.467 e. The van der Waals surface area contributed by atoms with E-state index in [1.165, 1.54) is 9.91 Å². The maximum Gasteiger partial charge on any atom is 0.332 e. The number of hydrazone groups is 1. The van der Waals surface area contributed by atoms with Crippen molar-refractivity contribution in [2.45, 2.75) is 25.4 Å². The Bertz CT molecular complexity index is 1170. The predicted octanol–water partition coefficient (Wildman–Crippen LogP) is 3.88. The van der Waals surface area contributed by atoms with Gasteiger partial charge >= 0.3 is 6.03 Å². The molecule has 9 heteroatoms. The molecule has 3 aromatic rings. The molecule has 0 radical (unpaired) electrons. The molecule has 2 aromatic heterocycles. The average Bonchev–Trinajstić information content (AvgIpc) is 3.59. The minimum absolute atomic E-state index is 0.385. The van der Waals surface area contributed by atoms with E-state index in [9.17, 15) is 14.4 Å². The van der Waals surface area contributed by atoms with Gasteiger partial charge in [0.15, 0.2) is 0 Å². The Kier molecular flexibility index (Phi) is 5.10. The first kappa shape index (κ1) is 20.2. The zero-order chi connectivity index (χ0) is 22.2. The molecule has 5 rings (SSSR count). The molecule has 4 amide bonds. The van der Waals surface area contributed by atoms with E-state index in [4.69, 9.17) is 4.42 Å². The Hall–Kier alpha value is -3.72. The first-order valence-corrected chi connectivity index (χ1v) is 11.1. The summed E-state index contributed by atoms with van der Waals surface area (Å²) >= 11 is 1.54. The van der Waals surface area contributed by atoms with E-state index in [-0.39, 0.29) is 6.54 Å². The first-order chi connectivity index (χ1) is 15.5. The fraction of sp³-hybridized carbons (Fsp3) is 0.217. The number of rotatable bonds is 5. The molecule has 0 N–H and O–H groups in total. The Morgan fingerprint density at radius 2 is 1.94 bits per heavy atom. The number of benzene rings is 1. The van der Waals surface area contributed by atoms with Gasteiger partial charge in [-0.15, -0.1) is 11.3 Å². The number of thiophene rings is 1. The maximum absolute atomic E-state index is 13.3. The van der Waals surface area contributed by atoms with E-state index in [2.05, 4.69) is 5.10 Å². The molecular weight excluding hydrogens is 428 g/mol. The van der Waals surface area contributed by atoms with Gasteiger partial charge in [0, 0.05) is 12.1 Å². The number of carbonyl (C=O) groups excluding carboxylic acids is 3. The lowest BCUT2D eigenvalue weighted by Gasteiger charge is -2.22. The van der Waals surface area contributed by atoms with Crippen LogP contribution < -0.4 is 4.90 Å². The molecule has 32 heavy (non-hydrogen) atoms. The summed E-state index contributed by atoms with van der Waals surface area (Å²) in [6.07, 6.45) is 2.04. The van der Waals surface area contributed by atoms with Crippen molar-refractivity contribution in [2.75, 3.05) is 11.4 Å². The standard InChI is InChI=1S/C23H20N4O4S/c1-15-22(29)25(23(30)26(15)16-7-3-2-4-8-16)14-21(28)27-18(19-9-5-11-31-19)13-17(24-27)20-10-6-12-32-20/h2-12,15,18H,13-14H2,1H3/t15-,18+/m0/s1. The highest BCUT2D eigenvalue weighted by Gasteiger charge is 2.45. The van der Waals surface area contributed by atoms with Crippen molar-refractivity contribution in [3.8, 4) is 0 Å². The van der Waals surface area contributed by atoms with Crippen molar-refractivity contribution in [3.05, 3.63) is 76.9 Å². The minimum Gasteiger partial charge on any atom is -0.467 e. The fourth-order valence-electron chi connectivity index (χ4n) is 4.04. The average molecular weight is 449 g/mol. The van der Waals surface area contributed by atoms with Gasteiger partial charge in [-0.3, -0.25) is 19.4 Å². The Labute approximate surface area is 188 Å². The fourth-order valence-corrected chi connectivity index (χ4v) is 4.76. The molecule has 0 spiro atoms. The van der Waals surface area contributed by atoms with E-state index < -0.39 is 29.9 Å². The minimum atomic E-state index is -0.692. The molecule has 0 aliphatic carbocycles. The van der Waals surface area contributed by atoms with Crippen molar-refractivity contribution in [1.29, 1.82) is 0 Å². The quantitative estimate of drug-likeness (QED) is 0.555. The number of urea groups is 1. The number of carbonyl (C=O) groups is 3. The number of furan rings is 1. The molecule has 8 nitrogen and oxygen atoms in total. The van der Waals surface area contributed by atoms with Crippen LogP contribution in [0.4, 0.5) is 10.5 Å². The summed E-state index contributed by atoms with van der Waals surface area (Å²) in [5.74, 6) is -0.253. The molecule has 1 saturated heterocycles.